The summed E-state index contributed by atoms with van der Waals surface area (Å²) in [5.41, 5.74) is 6.56. The Kier molecular flexibility index (Phi) is 9.53. The van der Waals surface area contributed by atoms with E-state index < -0.39 is 45.5 Å². The third-order valence-corrected chi connectivity index (χ3v) is 10.8. The lowest BCUT2D eigenvalue weighted by molar-refractivity contribution is -0.143. The number of nitrogens with zero attached hydrogens (tertiary/aromatic N) is 3. The standard InChI is InChI=1S/C30H34ClF4N5O3S/c1-39-27(30(33,34)35)15-25(38-39)28(18-7-9-20(31)10-8-18)29(36)26(41)14-19-4-2-6-24(32)23(19)12-11-22-16-37-21-5-3-13-44(42,43)40(22)17-21/h2,4,6-10,15,21-22,28-29,37H,3,5,11-14,16-17,36H2,1H3/t21-,22+,28+,29-/m1/s1. The molecule has 5 atom stereocenters. The second kappa shape index (κ2) is 12.9. The van der Waals surface area contributed by atoms with E-state index in [9.17, 15) is 26.4 Å². The van der Waals surface area contributed by atoms with Gasteiger partial charge >= 0.3 is 6.18 Å². The summed E-state index contributed by atoms with van der Waals surface area (Å²) in [5, 5.41) is 7.85. The van der Waals surface area contributed by atoms with Gasteiger partial charge in [-0.3, -0.25) is 9.48 Å². The average molecular weight is 656 g/mol. The van der Waals surface area contributed by atoms with Crippen LogP contribution in [0.5, 0.6) is 0 Å². The zero-order valence-electron chi connectivity index (χ0n) is 24.0. The van der Waals surface area contributed by atoms with Crippen molar-refractivity contribution >= 4 is 27.4 Å². The van der Waals surface area contributed by atoms with E-state index in [0.29, 0.717) is 46.8 Å². The molecule has 44 heavy (non-hydrogen) atoms. The number of aryl methyl sites for hydroxylation is 1. The second-order valence-electron chi connectivity index (χ2n) is 11.5. The minimum absolute atomic E-state index is 0.0378. The highest BCUT2D eigenvalue weighted by molar-refractivity contribution is 7.89. The number of sulfonamides is 1. The van der Waals surface area contributed by atoms with E-state index in [0.717, 1.165) is 19.5 Å². The molecule has 2 aliphatic heterocycles. The molecular formula is C30H34ClF4N5O3S. The zero-order valence-corrected chi connectivity index (χ0v) is 25.6. The summed E-state index contributed by atoms with van der Waals surface area (Å²) >= 11 is 6.03. The summed E-state index contributed by atoms with van der Waals surface area (Å²) in [4.78, 5) is 13.7. The second-order valence-corrected chi connectivity index (χ2v) is 14.0. The Morgan fingerprint density at radius 2 is 1.93 bits per heavy atom. The number of hydrogen-bond donors (Lipinski definition) is 2. The van der Waals surface area contributed by atoms with Crippen molar-refractivity contribution in [2.45, 2.75) is 62.3 Å². The van der Waals surface area contributed by atoms with Crippen molar-refractivity contribution in [3.63, 3.8) is 0 Å². The summed E-state index contributed by atoms with van der Waals surface area (Å²) in [6.45, 7) is 0.824. The molecule has 2 aromatic carbocycles. The molecule has 8 nitrogen and oxygen atoms in total. The third-order valence-electron chi connectivity index (χ3n) is 8.54. The first kappa shape index (κ1) is 32.6. The number of halogens is 5. The molecule has 0 saturated carbocycles. The largest absolute Gasteiger partial charge is 0.433 e. The number of piperazine rings is 1. The number of nitrogens with two attached hydrogens (primary N) is 1. The molecule has 14 heteroatoms. The number of rotatable bonds is 9. The van der Waals surface area contributed by atoms with Gasteiger partial charge in [0, 0.05) is 43.7 Å². The Morgan fingerprint density at radius 1 is 1.20 bits per heavy atom. The fourth-order valence-corrected chi connectivity index (χ4v) is 8.17. The molecule has 1 unspecified atom stereocenters. The van der Waals surface area contributed by atoms with Crippen LogP contribution in [0.1, 0.15) is 53.3 Å². The van der Waals surface area contributed by atoms with E-state index in [-0.39, 0.29) is 41.9 Å². The Labute approximate surface area is 258 Å². The summed E-state index contributed by atoms with van der Waals surface area (Å²) in [7, 11) is -2.27. The lowest BCUT2D eigenvalue weighted by Gasteiger charge is -2.37. The first-order chi connectivity index (χ1) is 20.7. The molecule has 1 aromatic heterocycles. The fourth-order valence-electron chi connectivity index (χ4n) is 6.24. The first-order valence-corrected chi connectivity index (χ1v) is 16.4. The number of carbonyl (C=O) groups is 1. The van der Waals surface area contributed by atoms with Crippen molar-refractivity contribution in [3.8, 4) is 0 Å². The van der Waals surface area contributed by atoms with Crippen LogP contribution in [-0.2, 0) is 40.9 Å². The molecule has 3 N–H and O–H groups in total. The van der Waals surface area contributed by atoms with Crippen molar-refractivity contribution in [1.82, 2.24) is 19.4 Å². The lowest BCUT2D eigenvalue weighted by atomic mass is 9.84. The number of benzene rings is 2. The van der Waals surface area contributed by atoms with Crippen LogP contribution in [0.15, 0.2) is 48.5 Å². The van der Waals surface area contributed by atoms with E-state index in [1.807, 2.05) is 0 Å². The van der Waals surface area contributed by atoms with Gasteiger partial charge < -0.3 is 11.1 Å². The normalized spacial score (nSPS) is 23.1. The molecule has 0 aliphatic carbocycles. The topological polar surface area (TPSA) is 110 Å². The maximum atomic E-state index is 15.2. The van der Waals surface area contributed by atoms with Gasteiger partial charge in [0.1, 0.15) is 11.5 Å². The SMILES string of the molecule is Cn1nc([C@H](c2ccc(Cl)cc2)[C@H](N)C(=O)Cc2cccc(F)c2CC[C@H]2CN[C@@H]3CCCS(=O)(=O)N2C3)cc1C(F)(F)F. The highest BCUT2D eigenvalue weighted by atomic mass is 35.5. The van der Waals surface area contributed by atoms with Crippen LogP contribution in [0.3, 0.4) is 0 Å². The molecule has 3 heterocycles. The number of nitrogens with one attached hydrogen (secondary N) is 1. The summed E-state index contributed by atoms with van der Waals surface area (Å²) < 4.78 is 84.0. The molecule has 238 valence electrons. The van der Waals surface area contributed by atoms with Crippen LogP contribution in [0, 0.1) is 5.82 Å². The molecule has 2 bridgehead atoms. The van der Waals surface area contributed by atoms with Crippen LogP contribution < -0.4 is 11.1 Å². The molecule has 0 spiro atoms. The smallest absolute Gasteiger partial charge is 0.321 e. The Hall–Kier alpha value is -2.84. The summed E-state index contributed by atoms with van der Waals surface area (Å²) in [6, 6.07) is 9.91. The monoisotopic (exact) mass is 655 g/mol. The number of aromatic nitrogens is 2. The van der Waals surface area contributed by atoms with Crippen LogP contribution in [-0.4, -0.2) is 65.3 Å². The van der Waals surface area contributed by atoms with Crippen molar-refractivity contribution in [1.29, 1.82) is 0 Å². The first-order valence-electron chi connectivity index (χ1n) is 14.4. The highest BCUT2D eigenvalue weighted by Crippen LogP contribution is 2.35. The average Bonchev–Trinajstić information content (AvgIpc) is 3.30. The Bertz CT molecular complexity index is 1610. The molecule has 5 rings (SSSR count). The number of ketones is 1. The summed E-state index contributed by atoms with van der Waals surface area (Å²) in [5.74, 6) is -2.01. The number of fused-ring (bicyclic) bond motifs is 2. The number of alkyl halides is 3. The van der Waals surface area contributed by atoms with Gasteiger partial charge in [-0.05, 0) is 66.6 Å². The van der Waals surface area contributed by atoms with Crippen molar-refractivity contribution < 1.29 is 30.8 Å². The minimum atomic E-state index is -4.67. The van der Waals surface area contributed by atoms with Gasteiger partial charge in [-0.2, -0.15) is 22.6 Å². The van der Waals surface area contributed by atoms with Gasteiger partial charge in [-0.15, -0.1) is 0 Å². The number of carbonyl (C=O) groups excluding carboxylic acids is 1. The fraction of sp³-hybridized carbons (Fsp3) is 0.467. The lowest BCUT2D eigenvalue weighted by Crippen LogP contribution is -2.57. The van der Waals surface area contributed by atoms with E-state index in [1.165, 1.54) is 16.4 Å². The van der Waals surface area contributed by atoms with Crippen LogP contribution in [0.25, 0.3) is 0 Å². The zero-order chi connectivity index (χ0) is 31.8. The van der Waals surface area contributed by atoms with E-state index in [4.69, 9.17) is 17.3 Å². The maximum absolute atomic E-state index is 15.2. The molecule has 2 fully saturated rings. The van der Waals surface area contributed by atoms with E-state index in [1.54, 1.807) is 30.3 Å². The number of Topliss-reactive ketones (excluding diaryl/α,β-unsaturated/α-hetero) is 1. The van der Waals surface area contributed by atoms with Gasteiger partial charge in [0.2, 0.25) is 10.0 Å². The Balaban J connectivity index is 1.39. The molecule has 0 amide bonds. The minimum Gasteiger partial charge on any atom is -0.321 e. The van der Waals surface area contributed by atoms with Crippen LogP contribution in [0.4, 0.5) is 17.6 Å². The van der Waals surface area contributed by atoms with Crippen LogP contribution in [0.2, 0.25) is 5.02 Å². The maximum Gasteiger partial charge on any atom is 0.433 e. The molecule has 0 radical (unpaired) electrons. The van der Waals surface area contributed by atoms with Crippen molar-refractivity contribution in [2.75, 3.05) is 18.8 Å². The number of hydrogen-bond acceptors (Lipinski definition) is 6. The molecule has 2 aliphatic rings. The van der Waals surface area contributed by atoms with Gasteiger partial charge in [-0.1, -0.05) is 35.9 Å². The van der Waals surface area contributed by atoms with Gasteiger partial charge in [0.25, 0.3) is 0 Å². The summed E-state index contributed by atoms with van der Waals surface area (Å²) in [6.07, 6.45) is -3.07. The molecule has 2 saturated heterocycles. The van der Waals surface area contributed by atoms with Gasteiger partial charge in [0.05, 0.1) is 23.4 Å². The van der Waals surface area contributed by atoms with Crippen molar-refractivity contribution in [2.24, 2.45) is 12.8 Å². The predicted octanol–water partition coefficient (Wildman–Crippen LogP) is 4.20. The van der Waals surface area contributed by atoms with Gasteiger partial charge in [0.15, 0.2) is 5.78 Å². The molecule has 3 aromatic rings. The molecular weight excluding hydrogens is 622 g/mol. The van der Waals surface area contributed by atoms with Gasteiger partial charge in [-0.25, -0.2) is 12.8 Å². The van der Waals surface area contributed by atoms with E-state index in [2.05, 4.69) is 10.4 Å². The highest BCUT2D eigenvalue weighted by Gasteiger charge is 2.39. The Morgan fingerprint density at radius 3 is 2.61 bits per heavy atom. The third kappa shape index (κ3) is 7.02. The van der Waals surface area contributed by atoms with Crippen molar-refractivity contribution in [3.05, 3.63) is 87.4 Å². The quantitative estimate of drug-likeness (QED) is 0.335. The predicted molar refractivity (Wildman–Crippen MR) is 158 cm³/mol. The van der Waals surface area contributed by atoms with E-state index >= 15 is 4.39 Å². The van der Waals surface area contributed by atoms with Crippen LogP contribution >= 0.6 is 11.6 Å².